The van der Waals surface area contributed by atoms with Gasteiger partial charge < -0.3 is 10.2 Å². The number of hydrogen-bond acceptors (Lipinski definition) is 2. The summed E-state index contributed by atoms with van der Waals surface area (Å²) in [6.45, 7) is 9.55. The number of carbonyl (C=O) groups excluding carboxylic acids is 1. The van der Waals surface area contributed by atoms with Crippen molar-refractivity contribution in [1.29, 1.82) is 0 Å². The van der Waals surface area contributed by atoms with Gasteiger partial charge in [-0.3, -0.25) is 0 Å². The molecule has 138 valence electrons. The molecule has 1 N–H and O–H groups in total. The lowest BCUT2D eigenvalue weighted by Gasteiger charge is -2.25. The number of carbonyl (C=O) groups is 1. The minimum Gasteiger partial charge on any atom is -0.308 e. The van der Waals surface area contributed by atoms with Crippen LogP contribution >= 0.6 is 11.8 Å². The molecule has 2 aromatic rings. The molecule has 0 radical (unpaired) electrons. The van der Waals surface area contributed by atoms with Crippen LogP contribution in [-0.2, 0) is 11.8 Å². The molecule has 0 bridgehead atoms. The molecule has 3 nitrogen and oxygen atoms in total. The number of anilines is 1. The summed E-state index contributed by atoms with van der Waals surface area (Å²) in [7, 11) is 0. The van der Waals surface area contributed by atoms with Crippen LogP contribution in [-0.4, -0.2) is 23.2 Å². The second-order valence-electron chi connectivity index (χ2n) is 7.77. The lowest BCUT2D eigenvalue weighted by molar-refractivity contribution is 0.214. The Morgan fingerprint density at radius 2 is 1.92 bits per heavy atom. The molecule has 1 heterocycles. The van der Waals surface area contributed by atoms with E-state index >= 15 is 0 Å². The molecule has 0 unspecified atom stereocenters. The molecule has 1 atom stereocenters. The fourth-order valence-corrected chi connectivity index (χ4v) is 4.42. The second kappa shape index (κ2) is 7.75. The molecule has 2 aromatic carbocycles. The van der Waals surface area contributed by atoms with Crippen molar-refractivity contribution in [2.24, 2.45) is 0 Å². The molecule has 1 fully saturated rings. The van der Waals surface area contributed by atoms with E-state index in [2.05, 4.69) is 63.3 Å². The highest BCUT2D eigenvalue weighted by atomic mass is 32.2. The van der Waals surface area contributed by atoms with Gasteiger partial charge in [-0.1, -0.05) is 64.1 Å². The highest BCUT2D eigenvalue weighted by molar-refractivity contribution is 7.99. The summed E-state index contributed by atoms with van der Waals surface area (Å²) < 4.78 is 0. The van der Waals surface area contributed by atoms with E-state index in [-0.39, 0.29) is 16.8 Å². The summed E-state index contributed by atoms with van der Waals surface area (Å²) in [5.41, 5.74) is 4.75. The maximum Gasteiger partial charge on any atom is 0.323 e. The Hall–Kier alpha value is -1.94. The molecule has 0 aliphatic carbocycles. The van der Waals surface area contributed by atoms with Crippen molar-refractivity contribution < 1.29 is 4.79 Å². The zero-order valence-corrected chi connectivity index (χ0v) is 16.9. The summed E-state index contributed by atoms with van der Waals surface area (Å²) >= 11 is 1.83. The van der Waals surface area contributed by atoms with E-state index in [0.29, 0.717) is 0 Å². The Bertz CT molecular complexity index is 764. The highest BCUT2D eigenvalue weighted by Crippen LogP contribution is 2.38. The summed E-state index contributed by atoms with van der Waals surface area (Å²) in [6, 6.07) is 16.8. The Labute approximate surface area is 161 Å². The fourth-order valence-electron chi connectivity index (χ4n) is 3.17. The van der Waals surface area contributed by atoms with Crippen LogP contribution in [0.4, 0.5) is 10.5 Å². The number of thioether (sulfide) groups is 1. The second-order valence-corrected chi connectivity index (χ2v) is 8.96. The maximum absolute atomic E-state index is 12.8. The quantitative estimate of drug-likeness (QED) is 0.739. The SMILES string of the molecule is CCc1cccc(NC(=O)N2CCS[C@H]2c2ccc(C(C)(C)C)cc2)c1. The van der Waals surface area contributed by atoms with Gasteiger partial charge in [0, 0.05) is 18.0 Å². The number of urea groups is 1. The van der Waals surface area contributed by atoms with Gasteiger partial charge in [-0.15, -0.1) is 11.8 Å². The fraction of sp³-hybridized carbons (Fsp3) is 0.409. The Morgan fingerprint density at radius 3 is 2.58 bits per heavy atom. The molecule has 2 amide bonds. The maximum atomic E-state index is 12.8. The van der Waals surface area contributed by atoms with Crippen LogP contribution in [0.3, 0.4) is 0 Å². The van der Waals surface area contributed by atoms with Gasteiger partial charge in [0.2, 0.25) is 0 Å². The van der Waals surface area contributed by atoms with Crippen LogP contribution in [0, 0.1) is 0 Å². The van der Waals surface area contributed by atoms with Gasteiger partial charge >= 0.3 is 6.03 Å². The van der Waals surface area contributed by atoms with Gasteiger partial charge in [-0.05, 0) is 40.7 Å². The highest BCUT2D eigenvalue weighted by Gasteiger charge is 2.31. The topological polar surface area (TPSA) is 32.3 Å². The van der Waals surface area contributed by atoms with Gasteiger partial charge in [0.1, 0.15) is 5.37 Å². The van der Waals surface area contributed by atoms with E-state index in [9.17, 15) is 4.79 Å². The third-order valence-electron chi connectivity index (χ3n) is 4.80. The molecule has 0 aromatic heterocycles. The number of nitrogens with one attached hydrogen (secondary N) is 1. The minimum absolute atomic E-state index is 0.0202. The van der Waals surface area contributed by atoms with Crippen molar-refractivity contribution in [3.05, 3.63) is 65.2 Å². The zero-order valence-electron chi connectivity index (χ0n) is 16.1. The van der Waals surface area contributed by atoms with Crippen LogP contribution in [0.1, 0.15) is 49.8 Å². The molecule has 4 heteroatoms. The molecule has 0 spiro atoms. The molecule has 26 heavy (non-hydrogen) atoms. The molecule has 1 saturated heterocycles. The van der Waals surface area contributed by atoms with E-state index in [4.69, 9.17) is 0 Å². The van der Waals surface area contributed by atoms with Crippen molar-refractivity contribution in [3.8, 4) is 0 Å². The molecule has 1 aliphatic rings. The third-order valence-corrected chi connectivity index (χ3v) is 6.06. The standard InChI is InChI=1S/C22H28N2OS/c1-5-16-7-6-8-19(15-16)23-21(25)24-13-14-26-20(24)17-9-11-18(12-10-17)22(2,3)4/h6-12,15,20H,5,13-14H2,1-4H3,(H,23,25)/t20-/m0/s1. The lowest BCUT2D eigenvalue weighted by atomic mass is 9.87. The lowest BCUT2D eigenvalue weighted by Crippen LogP contribution is -2.34. The first-order valence-electron chi connectivity index (χ1n) is 9.27. The smallest absolute Gasteiger partial charge is 0.308 e. The Morgan fingerprint density at radius 1 is 1.19 bits per heavy atom. The van der Waals surface area contributed by atoms with Crippen molar-refractivity contribution in [2.75, 3.05) is 17.6 Å². The first-order chi connectivity index (χ1) is 12.4. The van der Waals surface area contributed by atoms with Crippen LogP contribution in [0.2, 0.25) is 0 Å². The van der Waals surface area contributed by atoms with E-state index in [0.717, 1.165) is 24.4 Å². The molecular formula is C22H28N2OS. The molecule has 0 saturated carbocycles. The predicted octanol–water partition coefficient (Wildman–Crippen LogP) is 5.83. The van der Waals surface area contributed by atoms with Gasteiger partial charge in [0.05, 0.1) is 0 Å². The normalized spacial score (nSPS) is 17.4. The van der Waals surface area contributed by atoms with E-state index in [1.807, 2.05) is 34.9 Å². The van der Waals surface area contributed by atoms with Crippen LogP contribution in [0.15, 0.2) is 48.5 Å². The predicted molar refractivity (Wildman–Crippen MR) is 112 cm³/mol. The first kappa shape index (κ1) is 18.8. The molecule has 3 rings (SSSR count). The van der Waals surface area contributed by atoms with Gasteiger partial charge in [-0.25, -0.2) is 4.79 Å². The zero-order chi connectivity index (χ0) is 18.7. The van der Waals surface area contributed by atoms with Crippen LogP contribution < -0.4 is 5.32 Å². The van der Waals surface area contributed by atoms with Crippen molar-refractivity contribution in [2.45, 2.75) is 44.9 Å². The van der Waals surface area contributed by atoms with Gasteiger partial charge in [0.15, 0.2) is 0 Å². The van der Waals surface area contributed by atoms with Gasteiger partial charge in [-0.2, -0.15) is 0 Å². The van der Waals surface area contributed by atoms with E-state index < -0.39 is 0 Å². The Kier molecular flexibility index (Phi) is 5.61. The van der Waals surface area contributed by atoms with E-state index in [1.165, 1.54) is 16.7 Å². The van der Waals surface area contributed by atoms with Crippen molar-refractivity contribution in [3.63, 3.8) is 0 Å². The summed E-state index contributed by atoms with van der Waals surface area (Å²) in [4.78, 5) is 14.8. The average Bonchev–Trinajstić information content (AvgIpc) is 3.11. The minimum atomic E-state index is -0.0202. The van der Waals surface area contributed by atoms with Crippen molar-refractivity contribution >= 4 is 23.5 Å². The van der Waals surface area contributed by atoms with Crippen LogP contribution in [0.5, 0.6) is 0 Å². The largest absolute Gasteiger partial charge is 0.323 e. The van der Waals surface area contributed by atoms with Crippen molar-refractivity contribution in [1.82, 2.24) is 4.90 Å². The van der Waals surface area contributed by atoms with Crippen LogP contribution in [0.25, 0.3) is 0 Å². The number of rotatable bonds is 3. The molecule has 1 aliphatic heterocycles. The summed E-state index contributed by atoms with van der Waals surface area (Å²) in [5.74, 6) is 0.966. The average molecular weight is 369 g/mol. The number of nitrogens with zero attached hydrogens (tertiary/aromatic N) is 1. The number of hydrogen-bond donors (Lipinski definition) is 1. The Balaban J connectivity index is 1.74. The first-order valence-corrected chi connectivity index (χ1v) is 10.3. The number of aryl methyl sites for hydroxylation is 1. The molecular weight excluding hydrogens is 340 g/mol. The summed E-state index contributed by atoms with van der Waals surface area (Å²) in [5, 5.41) is 3.15. The summed E-state index contributed by atoms with van der Waals surface area (Å²) in [6.07, 6.45) is 0.964. The number of benzene rings is 2. The van der Waals surface area contributed by atoms with Gasteiger partial charge in [0.25, 0.3) is 0 Å². The number of amides is 2. The monoisotopic (exact) mass is 368 g/mol. The van der Waals surface area contributed by atoms with E-state index in [1.54, 1.807) is 0 Å². The third kappa shape index (κ3) is 4.24.